The number of benzene rings is 1. The van der Waals surface area contributed by atoms with Crippen LogP contribution in [0.3, 0.4) is 0 Å². The molecule has 17 heavy (non-hydrogen) atoms. The Morgan fingerprint density at radius 2 is 2.12 bits per heavy atom. The van der Waals surface area contributed by atoms with E-state index in [1.54, 1.807) is 0 Å². The Kier molecular flexibility index (Phi) is 4.25. The molecule has 0 heterocycles. The molecule has 0 bridgehead atoms. The zero-order valence-electron chi connectivity index (χ0n) is 9.53. The molecule has 4 heteroatoms. The summed E-state index contributed by atoms with van der Waals surface area (Å²) in [5.41, 5.74) is 1.11. The van der Waals surface area contributed by atoms with Gasteiger partial charge >= 0.3 is 5.97 Å². The molecule has 0 saturated heterocycles. The SMILES string of the molecule is O=C(O)C1CCCC(Nc2ccccc2I)C1. The Morgan fingerprint density at radius 3 is 2.82 bits per heavy atom. The number of rotatable bonds is 3. The van der Waals surface area contributed by atoms with Gasteiger partial charge in [-0.3, -0.25) is 4.79 Å². The molecule has 0 spiro atoms. The van der Waals surface area contributed by atoms with Crippen molar-refractivity contribution in [3.63, 3.8) is 0 Å². The number of para-hydroxylation sites is 1. The second kappa shape index (κ2) is 5.71. The molecule has 0 radical (unpaired) electrons. The molecule has 1 aromatic carbocycles. The van der Waals surface area contributed by atoms with E-state index in [9.17, 15) is 4.79 Å². The van der Waals surface area contributed by atoms with E-state index < -0.39 is 5.97 Å². The first-order valence-electron chi connectivity index (χ1n) is 5.90. The van der Waals surface area contributed by atoms with Crippen LogP contribution in [0.4, 0.5) is 5.69 Å². The van der Waals surface area contributed by atoms with Crippen LogP contribution in [0.5, 0.6) is 0 Å². The molecule has 1 fully saturated rings. The van der Waals surface area contributed by atoms with Gasteiger partial charge in [-0.05, 0) is 54.0 Å². The average molecular weight is 345 g/mol. The van der Waals surface area contributed by atoms with Crippen LogP contribution in [0.25, 0.3) is 0 Å². The summed E-state index contributed by atoms with van der Waals surface area (Å²) in [6, 6.07) is 8.41. The quantitative estimate of drug-likeness (QED) is 0.826. The molecule has 1 aliphatic rings. The van der Waals surface area contributed by atoms with E-state index in [1.807, 2.05) is 18.2 Å². The number of hydrogen-bond acceptors (Lipinski definition) is 2. The third-order valence-electron chi connectivity index (χ3n) is 3.26. The predicted octanol–water partition coefficient (Wildman–Crippen LogP) is 3.35. The van der Waals surface area contributed by atoms with Crippen molar-refractivity contribution >= 4 is 34.2 Å². The first kappa shape index (κ1) is 12.7. The smallest absolute Gasteiger partial charge is 0.306 e. The number of halogens is 1. The highest BCUT2D eigenvalue weighted by atomic mass is 127. The van der Waals surface area contributed by atoms with Crippen molar-refractivity contribution < 1.29 is 9.90 Å². The van der Waals surface area contributed by atoms with Gasteiger partial charge in [0.1, 0.15) is 0 Å². The molecule has 92 valence electrons. The van der Waals surface area contributed by atoms with Crippen LogP contribution in [0.2, 0.25) is 0 Å². The number of anilines is 1. The number of hydrogen-bond donors (Lipinski definition) is 2. The minimum atomic E-state index is -0.653. The molecular formula is C13H16INO2. The lowest BCUT2D eigenvalue weighted by Gasteiger charge is -2.28. The van der Waals surface area contributed by atoms with Crippen LogP contribution < -0.4 is 5.32 Å². The summed E-state index contributed by atoms with van der Waals surface area (Å²) >= 11 is 2.30. The van der Waals surface area contributed by atoms with E-state index in [2.05, 4.69) is 34.0 Å². The molecule has 1 aliphatic carbocycles. The van der Waals surface area contributed by atoms with Crippen LogP contribution in [0.1, 0.15) is 25.7 Å². The van der Waals surface area contributed by atoms with E-state index in [0.717, 1.165) is 31.4 Å². The van der Waals surface area contributed by atoms with Gasteiger partial charge in [-0.15, -0.1) is 0 Å². The van der Waals surface area contributed by atoms with Crippen LogP contribution in [0, 0.1) is 9.49 Å². The molecule has 0 aromatic heterocycles. The van der Waals surface area contributed by atoms with Gasteiger partial charge in [0, 0.05) is 15.3 Å². The molecule has 1 saturated carbocycles. The Balaban J connectivity index is 1.99. The van der Waals surface area contributed by atoms with E-state index in [4.69, 9.17) is 5.11 Å². The third kappa shape index (κ3) is 3.34. The van der Waals surface area contributed by atoms with Crippen molar-refractivity contribution in [1.29, 1.82) is 0 Å². The van der Waals surface area contributed by atoms with Crippen molar-refractivity contribution in [1.82, 2.24) is 0 Å². The standard InChI is InChI=1S/C13H16INO2/c14-11-6-1-2-7-12(11)15-10-5-3-4-9(8-10)13(16)17/h1-2,6-7,9-10,15H,3-5,8H2,(H,16,17). The molecule has 2 rings (SSSR count). The summed E-state index contributed by atoms with van der Waals surface area (Å²) in [4.78, 5) is 11.0. The fourth-order valence-corrected chi connectivity index (χ4v) is 2.89. The van der Waals surface area contributed by atoms with Gasteiger partial charge in [-0.1, -0.05) is 18.6 Å². The van der Waals surface area contributed by atoms with E-state index >= 15 is 0 Å². The van der Waals surface area contributed by atoms with Crippen molar-refractivity contribution in [2.45, 2.75) is 31.7 Å². The Hall–Kier alpha value is -0.780. The lowest BCUT2D eigenvalue weighted by atomic mass is 9.85. The topological polar surface area (TPSA) is 49.3 Å². The third-order valence-corrected chi connectivity index (χ3v) is 4.20. The number of carboxylic acids is 1. The molecule has 0 amide bonds. The van der Waals surface area contributed by atoms with Gasteiger partial charge in [0.2, 0.25) is 0 Å². The molecule has 2 N–H and O–H groups in total. The Bertz CT molecular complexity index is 408. The van der Waals surface area contributed by atoms with Crippen LogP contribution in [-0.2, 0) is 4.79 Å². The van der Waals surface area contributed by atoms with Gasteiger partial charge in [0.15, 0.2) is 0 Å². The molecule has 1 aromatic rings. The predicted molar refractivity (Wildman–Crippen MR) is 76.2 cm³/mol. The van der Waals surface area contributed by atoms with Crippen LogP contribution in [-0.4, -0.2) is 17.1 Å². The highest BCUT2D eigenvalue weighted by Gasteiger charge is 2.26. The summed E-state index contributed by atoms with van der Waals surface area (Å²) < 4.78 is 1.18. The van der Waals surface area contributed by atoms with Crippen molar-refractivity contribution in [2.24, 2.45) is 5.92 Å². The normalized spacial score (nSPS) is 24.3. The zero-order valence-corrected chi connectivity index (χ0v) is 11.7. The lowest BCUT2D eigenvalue weighted by molar-refractivity contribution is -0.142. The first-order chi connectivity index (χ1) is 8.16. The maximum Gasteiger partial charge on any atom is 0.306 e. The van der Waals surface area contributed by atoms with Crippen molar-refractivity contribution in [2.75, 3.05) is 5.32 Å². The molecule has 3 nitrogen and oxygen atoms in total. The second-order valence-electron chi connectivity index (χ2n) is 4.52. The number of carbonyl (C=O) groups is 1. The van der Waals surface area contributed by atoms with Crippen molar-refractivity contribution in [3.05, 3.63) is 27.8 Å². The van der Waals surface area contributed by atoms with E-state index in [-0.39, 0.29) is 5.92 Å². The second-order valence-corrected chi connectivity index (χ2v) is 5.69. The van der Waals surface area contributed by atoms with Gasteiger partial charge < -0.3 is 10.4 Å². The largest absolute Gasteiger partial charge is 0.481 e. The summed E-state index contributed by atoms with van der Waals surface area (Å²) in [7, 11) is 0. The fraction of sp³-hybridized carbons (Fsp3) is 0.462. The summed E-state index contributed by atoms with van der Waals surface area (Å²) in [5.74, 6) is -0.832. The highest BCUT2D eigenvalue weighted by molar-refractivity contribution is 14.1. The fourth-order valence-electron chi connectivity index (χ4n) is 2.34. The summed E-state index contributed by atoms with van der Waals surface area (Å²) in [6.07, 6.45) is 3.62. The lowest BCUT2D eigenvalue weighted by Crippen LogP contribution is -2.31. The summed E-state index contributed by atoms with van der Waals surface area (Å²) in [6.45, 7) is 0. The maximum absolute atomic E-state index is 11.0. The average Bonchev–Trinajstić information content (AvgIpc) is 2.32. The first-order valence-corrected chi connectivity index (χ1v) is 6.98. The molecule has 2 unspecified atom stereocenters. The maximum atomic E-state index is 11.0. The number of carboxylic acid groups (broad SMARTS) is 1. The highest BCUT2D eigenvalue weighted by Crippen LogP contribution is 2.28. The Labute approximate surface area is 115 Å². The van der Waals surface area contributed by atoms with Gasteiger partial charge in [-0.2, -0.15) is 0 Å². The van der Waals surface area contributed by atoms with Crippen LogP contribution >= 0.6 is 22.6 Å². The van der Waals surface area contributed by atoms with Gasteiger partial charge in [0.25, 0.3) is 0 Å². The Morgan fingerprint density at radius 1 is 1.35 bits per heavy atom. The minimum Gasteiger partial charge on any atom is -0.481 e. The van der Waals surface area contributed by atoms with Crippen LogP contribution in [0.15, 0.2) is 24.3 Å². The molecule has 0 aliphatic heterocycles. The number of aliphatic carboxylic acids is 1. The van der Waals surface area contributed by atoms with Gasteiger partial charge in [0.05, 0.1) is 5.92 Å². The van der Waals surface area contributed by atoms with E-state index in [1.165, 1.54) is 3.57 Å². The summed E-state index contributed by atoms with van der Waals surface area (Å²) in [5, 5.41) is 12.5. The van der Waals surface area contributed by atoms with Gasteiger partial charge in [-0.25, -0.2) is 0 Å². The molecule has 2 atom stereocenters. The minimum absolute atomic E-state index is 0.178. The molecular weight excluding hydrogens is 329 g/mol. The van der Waals surface area contributed by atoms with Crippen molar-refractivity contribution in [3.8, 4) is 0 Å². The zero-order chi connectivity index (χ0) is 12.3. The van der Waals surface area contributed by atoms with E-state index in [0.29, 0.717) is 6.04 Å². The number of nitrogens with one attached hydrogen (secondary N) is 1. The monoisotopic (exact) mass is 345 g/mol.